The number of benzene rings is 1. The number of ether oxygens (including phenoxy) is 1. The van der Waals surface area contributed by atoms with Gasteiger partial charge in [0.15, 0.2) is 6.61 Å². The lowest BCUT2D eigenvalue weighted by Crippen LogP contribution is -2.19. The zero-order chi connectivity index (χ0) is 15.5. The summed E-state index contributed by atoms with van der Waals surface area (Å²) in [6.07, 6.45) is -3.92. The third-order valence-electron chi connectivity index (χ3n) is 2.60. The van der Waals surface area contributed by atoms with Gasteiger partial charge in [-0.3, -0.25) is 0 Å². The highest BCUT2D eigenvalue weighted by Crippen LogP contribution is 2.22. The minimum atomic E-state index is -4.43. The average Bonchev–Trinajstić information content (AvgIpc) is 2.81. The Morgan fingerprint density at radius 2 is 1.95 bits per heavy atom. The van der Waals surface area contributed by atoms with E-state index < -0.39 is 18.6 Å². The molecule has 21 heavy (non-hydrogen) atoms. The fourth-order valence-corrected chi connectivity index (χ4v) is 1.68. The molecule has 1 aromatic heterocycles. The number of nitrogens with zero attached hydrogens (tertiary/aromatic N) is 2. The number of halogens is 4. The molecule has 1 heterocycles. The van der Waals surface area contributed by atoms with Crippen LogP contribution < -0.4 is 4.74 Å². The Morgan fingerprint density at radius 1 is 1.19 bits per heavy atom. The fraction of sp³-hybridized carbons (Fsp3) is 0.385. The molecule has 0 radical (unpaired) electrons. The summed E-state index contributed by atoms with van der Waals surface area (Å²) in [5, 5.41) is 7.40. The summed E-state index contributed by atoms with van der Waals surface area (Å²) in [5.41, 5.74) is 0.227. The van der Waals surface area contributed by atoms with Gasteiger partial charge >= 0.3 is 6.18 Å². The molecule has 0 atom stereocenters. The van der Waals surface area contributed by atoms with E-state index in [9.17, 15) is 17.6 Å². The lowest BCUT2D eigenvalue weighted by molar-refractivity contribution is -0.153. The van der Waals surface area contributed by atoms with Crippen molar-refractivity contribution < 1.29 is 26.7 Å². The zero-order valence-corrected chi connectivity index (χ0v) is 11.1. The molecule has 0 aliphatic carbocycles. The molecular weight excluding hydrogens is 292 g/mol. The molecule has 0 saturated carbocycles. The molecule has 0 saturated heterocycles. The maximum Gasteiger partial charge on any atom is 0.422 e. The van der Waals surface area contributed by atoms with Crippen LogP contribution in [0.2, 0.25) is 0 Å². The van der Waals surface area contributed by atoms with Crippen LogP contribution in [0.15, 0.2) is 22.6 Å². The highest BCUT2D eigenvalue weighted by atomic mass is 19.4. The van der Waals surface area contributed by atoms with E-state index in [-0.39, 0.29) is 17.7 Å². The number of alkyl halides is 3. The summed E-state index contributed by atoms with van der Waals surface area (Å²) >= 11 is 0. The Balaban J connectivity index is 2.01. The second-order valence-electron chi connectivity index (χ2n) is 4.37. The van der Waals surface area contributed by atoms with E-state index in [1.807, 2.05) is 0 Å². The van der Waals surface area contributed by atoms with E-state index >= 15 is 0 Å². The van der Waals surface area contributed by atoms with Crippen molar-refractivity contribution in [1.29, 1.82) is 0 Å². The molecule has 2 aromatic rings. The summed E-state index contributed by atoms with van der Waals surface area (Å²) in [6, 6.07) is 3.46. The normalized spacial score (nSPS) is 11.7. The molecule has 0 amide bonds. The van der Waals surface area contributed by atoms with Gasteiger partial charge in [0.05, 0.1) is 0 Å². The molecule has 0 N–H and O–H groups in total. The Hall–Kier alpha value is -2.12. The van der Waals surface area contributed by atoms with E-state index in [1.165, 1.54) is 6.07 Å². The number of hydrogen-bond donors (Lipinski definition) is 0. The Bertz CT molecular complexity index is 610. The number of hydrogen-bond acceptors (Lipinski definition) is 4. The number of aromatic nitrogens is 2. The van der Waals surface area contributed by atoms with Gasteiger partial charge in [0, 0.05) is 13.3 Å². The van der Waals surface area contributed by atoms with Crippen molar-refractivity contribution >= 4 is 0 Å². The van der Waals surface area contributed by atoms with Gasteiger partial charge in [-0.1, -0.05) is 0 Å². The van der Waals surface area contributed by atoms with Gasteiger partial charge < -0.3 is 9.15 Å². The maximum atomic E-state index is 13.6. The highest BCUT2D eigenvalue weighted by molar-refractivity contribution is 5.30. The van der Waals surface area contributed by atoms with Crippen LogP contribution >= 0.6 is 0 Å². The van der Waals surface area contributed by atoms with E-state index in [2.05, 4.69) is 14.9 Å². The maximum absolute atomic E-state index is 13.6. The van der Waals surface area contributed by atoms with E-state index in [0.29, 0.717) is 18.2 Å². The second kappa shape index (κ2) is 6.11. The quantitative estimate of drug-likeness (QED) is 0.796. The third kappa shape index (κ3) is 4.73. The van der Waals surface area contributed by atoms with Crippen molar-refractivity contribution in [2.45, 2.75) is 25.9 Å². The lowest BCUT2D eigenvalue weighted by atomic mass is 10.1. The van der Waals surface area contributed by atoms with E-state index in [4.69, 9.17) is 4.42 Å². The summed E-state index contributed by atoms with van der Waals surface area (Å²) < 4.78 is 59.5. The number of aryl methyl sites for hydroxylation is 3. The first-order chi connectivity index (χ1) is 9.83. The van der Waals surface area contributed by atoms with Crippen LogP contribution in [-0.4, -0.2) is 23.0 Å². The molecule has 0 aliphatic heterocycles. The predicted molar refractivity (Wildman–Crippen MR) is 64.4 cm³/mol. The van der Waals surface area contributed by atoms with Gasteiger partial charge in [-0.25, -0.2) is 4.39 Å². The minimum absolute atomic E-state index is 0.0366. The van der Waals surface area contributed by atoms with Crippen LogP contribution in [0, 0.1) is 12.7 Å². The Labute approximate surface area is 117 Å². The minimum Gasteiger partial charge on any atom is -0.484 e. The van der Waals surface area contributed by atoms with Crippen molar-refractivity contribution in [3.05, 3.63) is 41.4 Å². The second-order valence-corrected chi connectivity index (χ2v) is 4.37. The number of rotatable bonds is 5. The average molecular weight is 304 g/mol. The van der Waals surface area contributed by atoms with Crippen LogP contribution in [0.3, 0.4) is 0 Å². The van der Waals surface area contributed by atoms with Gasteiger partial charge in [-0.05, 0) is 30.2 Å². The van der Waals surface area contributed by atoms with Gasteiger partial charge in [-0.2, -0.15) is 13.2 Å². The molecule has 1 aromatic carbocycles. The first-order valence-electron chi connectivity index (χ1n) is 6.10. The van der Waals surface area contributed by atoms with Crippen LogP contribution in [0.4, 0.5) is 17.6 Å². The van der Waals surface area contributed by atoms with Crippen LogP contribution in [0.5, 0.6) is 5.75 Å². The fourth-order valence-electron chi connectivity index (χ4n) is 1.68. The van der Waals surface area contributed by atoms with Crippen LogP contribution in [0.25, 0.3) is 0 Å². The van der Waals surface area contributed by atoms with Crippen LogP contribution in [-0.2, 0) is 12.8 Å². The summed E-state index contributed by atoms with van der Waals surface area (Å²) in [7, 11) is 0. The van der Waals surface area contributed by atoms with Crippen molar-refractivity contribution in [3.63, 3.8) is 0 Å². The van der Waals surface area contributed by atoms with Crippen molar-refractivity contribution in [2.75, 3.05) is 6.61 Å². The smallest absolute Gasteiger partial charge is 0.422 e. The van der Waals surface area contributed by atoms with Crippen LogP contribution in [0.1, 0.15) is 17.3 Å². The standard InChI is InChI=1S/C13H12F4N2O2/c1-8-18-19-12(21-8)5-2-9-6-10(3-4-11(9)14)20-7-13(15,16)17/h3-4,6H,2,5,7H2,1H3. The predicted octanol–water partition coefficient (Wildman–Crippen LogP) is 3.24. The SMILES string of the molecule is Cc1nnc(CCc2cc(OCC(F)(F)F)ccc2F)o1. The molecule has 8 heteroatoms. The first kappa shape index (κ1) is 15.3. The van der Waals surface area contributed by atoms with Gasteiger partial charge in [0.1, 0.15) is 11.6 Å². The third-order valence-corrected chi connectivity index (χ3v) is 2.60. The highest BCUT2D eigenvalue weighted by Gasteiger charge is 2.28. The summed E-state index contributed by atoms with van der Waals surface area (Å²) in [6.45, 7) is 0.212. The topological polar surface area (TPSA) is 48.2 Å². The summed E-state index contributed by atoms with van der Waals surface area (Å²) in [5.74, 6) is 0.178. The lowest BCUT2D eigenvalue weighted by Gasteiger charge is -2.10. The molecule has 0 spiro atoms. The van der Waals surface area contributed by atoms with Crippen molar-refractivity contribution in [1.82, 2.24) is 10.2 Å². The van der Waals surface area contributed by atoms with Gasteiger partial charge in [-0.15, -0.1) is 10.2 Å². The van der Waals surface area contributed by atoms with Gasteiger partial charge in [0.2, 0.25) is 11.8 Å². The Morgan fingerprint density at radius 3 is 2.57 bits per heavy atom. The van der Waals surface area contributed by atoms with Crippen molar-refractivity contribution in [2.24, 2.45) is 0 Å². The molecule has 0 fully saturated rings. The monoisotopic (exact) mass is 304 g/mol. The van der Waals surface area contributed by atoms with E-state index in [0.717, 1.165) is 12.1 Å². The molecule has 4 nitrogen and oxygen atoms in total. The van der Waals surface area contributed by atoms with Gasteiger partial charge in [0.25, 0.3) is 0 Å². The molecule has 0 unspecified atom stereocenters. The Kier molecular flexibility index (Phi) is 4.44. The molecular formula is C13H12F4N2O2. The van der Waals surface area contributed by atoms with E-state index in [1.54, 1.807) is 6.92 Å². The molecule has 114 valence electrons. The zero-order valence-electron chi connectivity index (χ0n) is 11.1. The first-order valence-corrected chi connectivity index (χ1v) is 6.10. The largest absolute Gasteiger partial charge is 0.484 e. The molecule has 0 bridgehead atoms. The molecule has 0 aliphatic rings. The summed E-state index contributed by atoms with van der Waals surface area (Å²) in [4.78, 5) is 0. The van der Waals surface area contributed by atoms with Crippen molar-refractivity contribution in [3.8, 4) is 5.75 Å². The molecule has 2 rings (SSSR count).